The Labute approximate surface area is 174 Å². The zero-order valence-corrected chi connectivity index (χ0v) is 17.0. The molecule has 162 valence electrons. The fourth-order valence-corrected chi connectivity index (χ4v) is 4.05. The van der Waals surface area contributed by atoms with Crippen molar-refractivity contribution in [3.8, 4) is 0 Å². The van der Waals surface area contributed by atoms with Crippen LogP contribution < -0.4 is 5.48 Å². The van der Waals surface area contributed by atoms with Gasteiger partial charge in [-0.1, -0.05) is 30.3 Å². The number of nitrogens with zero attached hydrogens (tertiary/aromatic N) is 2. The lowest BCUT2D eigenvalue weighted by Crippen LogP contribution is -2.55. The van der Waals surface area contributed by atoms with Crippen LogP contribution in [0.2, 0.25) is 0 Å². The lowest BCUT2D eigenvalue weighted by Gasteiger charge is -2.44. The van der Waals surface area contributed by atoms with Gasteiger partial charge in [0.25, 0.3) is 5.91 Å². The molecular weight excluding hydrogens is 395 g/mol. The Morgan fingerprint density at radius 2 is 1.67 bits per heavy atom. The summed E-state index contributed by atoms with van der Waals surface area (Å²) >= 11 is 0. The third-order valence-electron chi connectivity index (χ3n) is 5.52. The molecule has 0 unspecified atom stereocenters. The minimum absolute atomic E-state index is 0.222. The second kappa shape index (κ2) is 9.16. The van der Waals surface area contributed by atoms with E-state index in [1.54, 1.807) is 23.7 Å². The molecule has 0 aliphatic carbocycles. The molecule has 5 nitrogen and oxygen atoms in total. The van der Waals surface area contributed by atoms with E-state index in [4.69, 9.17) is 5.21 Å². The van der Waals surface area contributed by atoms with Crippen LogP contribution in [0.3, 0.4) is 0 Å². The Kier molecular flexibility index (Phi) is 6.80. The van der Waals surface area contributed by atoms with Crippen molar-refractivity contribution in [2.45, 2.75) is 45.2 Å². The predicted molar refractivity (Wildman–Crippen MR) is 107 cm³/mol. The van der Waals surface area contributed by atoms with Crippen molar-refractivity contribution in [3.05, 3.63) is 70.8 Å². The van der Waals surface area contributed by atoms with Gasteiger partial charge in [0.2, 0.25) is 0 Å². The predicted octanol–water partition coefficient (Wildman–Crippen LogP) is 3.92. The first-order valence-corrected chi connectivity index (χ1v) is 9.85. The summed E-state index contributed by atoms with van der Waals surface area (Å²) in [7, 11) is 0. The largest absolute Gasteiger partial charge is 0.416 e. The van der Waals surface area contributed by atoms with Gasteiger partial charge in [0.15, 0.2) is 0 Å². The molecule has 0 radical (unpaired) electrons. The van der Waals surface area contributed by atoms with Crippen LogP contribution in [0.4, 0.5) is 13.2 Å². The van der Waals surface area contributed by atoms with Gasteiger partial charge in [-0.05, 0) is 43.2 Å². The van der Waals surface area contributed by atoms with E-state index in [2.05, 4.69) is 23.6 Å². The van der Waals surface area contributed by atoms with Crippen LogP contribution in [-0.2, 0) is 19.3 Å². The van der Waals surface area contributed by atoms with Crippen molar-refractivity contribution >= 4 is 5.91 Å². The Morgan fingerprint density at radius 1 is 1.03 bits per heavy atom. The second-order valence-electron chi connectivity index (χ2n) is 7.90. The summed E-state index contributed by atoms with van der Waals surface area (Å²) in [4.78, 5) is 16.0. The number of amides is 1. The quantitative estimate of drug-likeness (QED) is 0.568. The molecule has 1 amide bonds. The molecule has 1 aliphatic heterocycles. The summed E-state index contributed by atoms with van der Waals surface area (Å²) in [6.07, 6.45) is -4.33. The molecule has 0 bridgehead atoms. The van der Waals surface area contributed by atoms with Crippen LogP contribution in [0.15, 0.2) is 48.5 Å². The smallest absolute Gasteiger partial charge is 0.296 e. The van der Waals surface area contributed by atoms with Crippen LogP contribution in [0.5, 0.6) is 0 Å². The minimum atomic E-state index is -4.33. The van der Waals surface area contributed by atoms with Crippen LogP contribution in [0.25, 0.3) is 0 Å². The molecule has 0 saturated carbocycles. The Bertz CT molecular complexity index is 859. The van der Waals surface area contributed by atoms with Gasteiger partial charge < -0.3 is 0 Å². The Hall–Kier alpha value is -2.42. The normalized spacial score (nSPS) is 20.9. The fraction of sp³-hybridized carbons (Fsp3) is 0.409. The van der Waals surface area contributed by atoms with E-state index in [0.29, 0.717) is 24.2 Å². The first kappa shape index (κ1) is 22.3. The molecule has 8 heteroatoms. The highest BCUT2D eigenvalue weighted by molar-refractivity contribution is 5.93. The number of carbonyl (C=O) groups is 1. The highest BCUT2D eigenvalue weighted by Gasteiger charge is 2.32. The maximum Gasteiger partial charge on any atom is 0.416 e. The number of nitrogens with one attached hydrogen (secondary N) is 1. The van der Waals surface area contributed by atoms with E-state index in [1.807, 2.05) is 12.1 Å². The number of carbonyl (C=O) groups excluding carboxylic acids is 1. The first-order valence-electron chi connectivity index (χ1n) is 9.85. The summed E-state index contributed by atoms with van der Waals surface area (Å²) in [5.41, 5.74) is 3.10. The summed E-state index contributed by atoms with van der Waals surface area (Å²) in [5.74, 6) is -0.550. The summed E-state index contributed by atoms with van der Waals surface area (Å²) in [6.45, 7) is 6.93. The molecule has 3 rings (SSSR count). The van der Waals surface area contributed by atoms with Gasteiger partial charge >= 0.3 is 6.18 Å². The van der Waals surface area contributed by atoms with Gasteiger partial charge in [0.1, 0.15) is 0 Å². The lowest BCUT2D eigenvalue weighted by atomic mass is 10.0. The van der Waals surface area contributed by atoms with E-state index < -0.39 is 17.6 Å². The highest BCUT2D eigenvalue weighted by atomic mass is 19.4. The van der Waals surface area contributed by atoms with Gasteiger partial charge in [0, 0.05) is 43.8 Å². The van der Waals surface area contributed by atoms with Gasteiger partial charge in [-0.25, -0.2) is 5.48 Å². The maximum absolute atomic E-state index is 13.0. The first-order chi connectivity index (χ1) is 14.2. The third kappa shape index (κ3) is 5.38. The van der Waals surface area contributed by atoms with Crippen LogP contribution in [0, 0.1) is 0 Å². The molecule has 1 aliphatic rings. The zero-order chi connectivity index (χ0) is 21.9. The van der Waals surface area contributed by atoms with Gasteiger partial charge in [-0.2, -0.15) is 13.2 Å². The zero-order valence-electron chi connectivity index (χ0n) is 17.0. The number of hydrogen-bond acceptors (Lipinski definition) is 4. The van der Waals surface area contributed by atoms with Crippen molar-refractivity contribution in [1.82, 2.24) is 15.3 Å². The monoisotopic (exact) mass is 421 g/mol. The van der Waals surface area contributed by atoms with Crippen molar-refractivity contribution in [2.75, 3.05) is 13.1 Å². The number of rotatable bonds is 5. The number of benzene rings is 2. The number of piperazine rings is 1. The Balaban J connectivity index is 1.62. The highest BCUT2D eigenvalue weighted by Crippen LogP contribution is 2.30. The average Bonchev–Trinajstić information content (AvgIpc) is 2.70. The molecule has 1 heterocycles. The van der Waals surface area contributed by atoms with Crippen LogP contribution >= 0.6 is 0 Å². The molecule has 0 spiro atoms. The standard InChI is InChI=1S/C22H26F3N3O2/c1-15-11-27(13-18-4-3-5-20(10-18)22(23,24)25)12-16(2)28(15)14-17-6-8-19(9-7-17)21(29)26-30/h3-10,15-16,30H,11-14H2,1-2H3,(H,26,29)/t15-,16+. The summed E-state index contributed by atoms with van der Waals surface area (Å²) in [6, 6.07) is 13.0. The third-order valence-corrected chi connectivity index (χ3v) is 5.52. The van der Waals surface area contributed by atoms with E-state index in [0.717, 1.165) is 24.7 Å². The second-order valence-corrected chi connectivity index (χ2v) is 7.90. The molecule has 30 heavy (non-hydrogen) atoms. The SMILES string of the molecule is C[C@@H]1CN(Cc2cccc(C(F)(F)F)c2)C[C@H](C)N1Cc1ccc(C(=O)NO)cc1. The molecule has 0 aromatic heterocycles. The van der Waals surface area contributed by atoms with Crippen molar-refractivity contribution < 1.29 is 23.2 Å². The molecular formula is C22H26F3N3O2. The van der Waals surface area contributed by atoms with Gasteiger partial charge in [-0.15, -0.1) is 0 Å². The molecule has 2 aromatic carbocycles. The molecule has 2 N–H and O–H groups in total. The van der Waals surface area contributed by atoms with E-state index in [-0.39, 0.29) is 12.1 Å². The summed E-state index contributed by atoms with van der Waals surface area (Å²) in [5, 5.41) is 8.71. The van der Waals surface area contributed by atoms with Crippen LogP contribution in [-0.4, -0.2) is 46.1 Å². The van der Waals surface area contributed by atoms with E-state index >= 15 is 0 Å². The van der Waals surface area contributed by atoms with E-state index in [1.165, 1.54) is 12.1 Å². The van der Waals surface area contributed by atoms with Crippen LogP contribution in [0.1, 0.15) is 40.9 Å². The Morgan fingerprint density at radius 3 is 2.23 bits per heavy atom. The van der Waals surface area contributed by atoms with E-state index in [9.17, 15) is 18.0 Å². The van der Waals surface area contributed by atoms with Crippen molar-refractivity contribution in [1.29, 1.82) is 0 Å². The molecule has 1 fully saturated rings. The topological polar surface area (TPSA) is 55.8 Å². The minimum Gasteiger partial charge on any atom is -0.296 e. The average molecular weight is 421 g/mol. The lowest BCUT2D eigenvalue weighted by molar-refractivity contribution is -0.137. The van der Waals surface area contributed by atoms with Crippen molar-refractivity contribution in [3.63, 3.8) is 0 Å². The number of halogens is 3. The molecule has 2 atom stereocenters. The number of hydrogen-bond donors (Lipinski definition) is 2. The number of alkyl halides is 3. The molecule has 2 aromatic rings. The van der Waals surface area contributed by atoms with Gasteiger partial charge in [0.05, 0.1) is 5.56 Å². The van der Waals surface area contributed by atoms with Gasteiger partial charge in [-0.3, -0.25) is 19.8 Å². The number of hydroxylamine groups is 1. The fourth-order valence-electron chi connectivity index (χ4n) is 4.05. The van der Waals surface area contributed by atoms with Crippen molar-refractivity contribution in [2.24, 2.45) is 0 Å². The summed E-state index contributed by atoms with van der Waals surface area (Å²) < 4.78 is 38.9. The maximum atomic E-state index is 13.0. The molecule has 1 saturated heterocycles.